The van der Waals surface area contributed by atoms with Gasteiger partial charge in [-0.1, -0.05) is 17.4 Å². The fraction of sp³-hybridized carbons (Fsp3) is 0.316. The summed E-state index contributed by atoms with van der Waals surface area (Å²) in [5.41, 5.74) is 5.40. The maximum absolute atomic E-state index is 8.80. The average Bonchev–Trinajstić information content (AvgIpc) is 2.63. The van der Waals surface area contributed by atoms with Crippen molar-refractivity contribution < 1.29 is 0 Å². The number of anilines is 1. The minimum absolute atomic E-state index is 0.635. The molecule has 1 heterocycles. The Balaban J connectivity index is 1.59. The van der Waals surface area contributed by atoms with Gasteiger partial charge in [0.1, 0.15) is 0 Å². The maximum atomic E-state index is 8.80. The zero-order chi connectivity index (χ0) is 16.9. The van der Waals surface area contributed by atoms with E-state index in [1.807, 2.05) is 17.1 Å². The van der Waals surface area contributed by atoms with Crippen molar-refractivity contribution in [1.82, 2.24) is 5.01 Å². The van der Waals surface area contributed by atoms with E-state index in [9.17, 15) is 0 Å². The van der Waals surface area contributed by atoms with Crippen molar-refractivity contribution in [1.29, 1.82) is 5.26 Å². The molecule has 1 aliphatic heterocycles. The lowest BCUT2D eigenvalue weighted by Crippen LogP contribution is -2.44. The quantitative estimate of drug-likeness (QED) is 0.804. The van der Waals surface area contributed by atoms with Gasteiger partial charge < -0.3 is 4.90 Å². The molecule has 0 aromatic heterocycles. The van der Waals surface area contributed by atoms with Gasteiger partial charge in [-0.25, -0.2) is 0 Å². The molecule has 0 bridgehead atoms. The predicted octanol–water partition coefficient (Wildman–Crippen LogP) is 4.00. The van der Waals surface area contributed by atoms with E-state index in [1.54, 1.807) is 12.1 Å². The van der Waals surface area contributed by atoms with Crippen molar-refractivity contribution in [3.05, 3.63) is 59.2 Å². The molecule has 2 aromatic rings. The SMILES string of the molecule is Cc1cccc(N2CCN(N=Nc3ccc(C#N)cc3)CC2)c1C. The molecule has 3 rings (SSSR count). The van der Waals surface area contributed by atoms with Crippen molar-refractivity contribution in [3.63, 3.8) is 0 Å². The van der Waals surface area contributed by atoms with Crippen LogP contribution in [0.1, 0.15) is 16.7 Å². The molecule has 2 aromatic carbocycles. The van der Waals surface area contributed by atoms with E-state index in [1.165, 1.54) is 16.8 Å². The third-order valence-electron chi connectivity index (χ3n) is 4.46. The largest absolute Gasteiger partial charge is 0.368 e. The molecule has 0 atom stereocenters. The predicted molar refractivity (Wildman–Crippen MR) is 95.4 cm³/mol. The molecule has 5 nitrogen and oxygen atoms in total. The van der Waals surface area contributed by atoms with E-state index < -0.39 is 0 Å². The lowest BCUT2D eigenvalue weighted by molar-refractivity contribution is 0.254. The molecule has 24 heavy (non-hydrogen) atoms. The molecule has 1 saturated heterocycles. The summed E-state index contributed by atoms with van der Waals surface area (Å²) in [6.07, 6.45) is 0. The summed E-state index contributed by atoms with van der Waals surface area (Å²) in [5, 5.41) is 19.4. The van der Waals surface area contributed by atoms with Gasteiger partial charge >= 0.3 is 0 Å². The van der Waals surface area contributed by atoms with Crippen molar-refractivity contribution >= 4 is 11.4 Å². The van der Waals surface area contributed by atoms with E-state index in [4.69, 9.17) is 5.26 Å². The highest BCUT2D eigenvalue weighted by molar-refractivity contribution is 5.56. The molecule has 1 aliphatic rings. The normalized spacial score (nSPS) is 14.9. The summed E-state index contributed by atoms with van der Waals surface area (Å²) in [7, 11) is 0. The Hall–Kier alpha value is -2.87. The van der Waals surface area contributed by atoms with Crippen LogP contribution in [0.25, 0.3) is 0 Å². The fourth-order valence-electron chi connectivity index (χ4n) is 2.82. The van der Waals surface area contributed by atoms with Crippen LogP contribution in [-0.2, 0) is 0 Å². The maximum Gasteiger partial charge on any atom is 0.0991 e. The second kappa shape index (κ2) is 7.14. The standard InChI is InChI=1S/C19H21N5/c1-15-4-3-5-19(16(15)2)23-10-12-24(13-11-23)22-21-18-8-6-17(14-20)7-9-18/h3-9H,10-13H2,1-2H3. The van der Waals surface area contributed by atoms with Gasteiger partial charge in [0.15, 0.2) is 0 Å². The third kappa shape index (κ3) is 3.54. The number of piperazine rings is 1. The number of nitrogens with zero attached hydrogens (tertiary/aromatic N) is 5. The third-order valence-corrected chi connectivity index (χ3v) is 4.46. The van der Waals surface area contributed by atoms with Crippen LogP contribution in [0.2, 0.25) is 0 Å². The first-order chi connectivity index (χ1) is 11.7. The van der Waals surface area contributed by atoms with Crippen LogP contribution in [0, 0.1) is 25.2 Å². The molecule has 0 unspecified atom stereocenters. The molecule has 0 spiro atoms. The molecule has 122 valence electrons. The van der Waals surface area contributed by atoms with E-state index in [2.05, 4.69) is 53.4 Å². The lowest BCUT2D eigenvalue weighted by Gasteiger charge is -2.35. The number of hydrogen-bond acceptors (Lipinski definition) is 4. The van der Waals surface area contributed by atoms with Crippen molar-refractivity contribution in [2.24, 2.45) is 10.3 Å². The summed E-state index contributed by atoms with van der Waals surface area (Å²) >= 11 is 0. The van der Waals surface area contributed by atoms with Crippen molar-refractivity contribution in [2.45, 2.75) is 13.8 Å². The number of hydrogen-bond donors (Lipinski definition) is 0. The molecule has 0 amide bonds. The first-order valence-electron chi connectivity index (χ1n) is 8.15. The average molecular weight is 319 g/mol. The highest BCUT2D eigenvalue weighted by Gasteiger charge is 2.17. The highest BCUT2D eigenvalue weighted by atomic mass is 15.6. The van der Waals surface area contributed by atoms with Crippen LogP contribution in [0.5, 0.6) is 0 Å². The number of rotatable bonds is 3. The van der Waals surface area contributed by atoms with E-state index in [0.717, 1.165) is 31.9 Å². The number of aryl methyl sites for hydroxylation is 1. The fourth-order valence-corrected chi connectivity index (χ4v) is 2.82. The Labute approximate surface area is 142 Å². The van der Waals surface area contributed by atoms with Gasteiger partial charge in [0.2, 0.25) is 0 Å². The van der Waals surface area contributed by atoms with Crippen molar-refractivity contribution in [2.75, 3.05) is 31.1 Å². The summed E-state index contributed by atoms with van der Waals surface area (Å²) < 4.78 is 0. The summed E-state index contributed by atoms with van der Waals surface area (Å²) in [4.78, 5) is 2.41. The smallest absolute Gasteiger partial charge is 0.0991 e. The van der Waals surface area contributed by atoms with Gasteiger partial charge in [-0.15, -0.1) is 5.11 Å². The Morgan fingerprint density at radius 3 is 2.33 bits per heavy atom. The van der Waals surface area contributed by atoms with Crippen LogP contribution < -0.4 is 4.90 Å². The molecule has 0 saturated carbocycles. The molecular weight excluding hydrogens is 298 g/mol. The minimum Gasteiger partial charge on any atom is -0.368 e. The molecule has 0 radical (unpaired) electrons. The molecule has 1 fully saturated rings. The highest BCUT2D eigenvalue weighted by Crippen LogP contribution is 2.24. The Bertz CT molecular complexity index is 765. The topological polar surface area (TPSA) is 55.0 Å². The zero-order valence-corrected chi connectivity index (χ0v) is 14.1. The second-order valence-corrected chi connectivity index (χ2v) is 6.01. The minimum atomic E-state index is 0.635. The molecular formula is C19H21N5. The lowest BCUT2D eigenvalue weighted by atomic mass is 10.1. The van der Waals surface area contributed by atoms with E-state index in [0.29, 0.717) is 5.56 Å². The number of nitriles is 1. The Kier molecular flexibility index (Phi) is 4.76. The van der Waals surface area contributed by atoms with Gasteiger partial charge in [-0.05, 0) is 55.3 Å². The zero-order valence-electron chi connectivity index (χ0n) is 14.1. The van der Waals surface area contributed by atoms with Crippen LogP contribution in [0.3, 0.4) is 0 Å². The Morgan fingerprint density at radius 1 is 0.958 bits per heavy atom. The molecule has 0 aliphatic carbocycles. The van der Waals surface area contributed by atoms with Crippen LogP contribution in [-0.4, -0.2) is 31.2 Å². The van der Waals surface area contributed by atoms with Gasteiger partial charge in [-0.3, -0.25) is 5.01 Å². The monoisotopic (exact) mass is 319 g/mol. The first kappa shape index (κ1) is 16.0. The summed E-state index contributed by atoms with van der Waals surface area (Å²) in [6.45, 7) is 7.93. The van der Waals surface area contributed by atoms with Crippen LogP contribution >= 0.6 is 0 Å². The number of benzene rings is 2. The second-order valence-electron chi connectivity index (χ2n) is 6.01. The Morgan fingerprint density at radius 2 is 1.67 bits per heavy atom. The van der Waals surface area contributed by atoms with Gasteiger partial charge in [0, 0.05) is 18.8 Å². The first-order valence-corrected chi connectivity index (χ1v) is 8.15. The summed E-state index contributed by atoms with van der Waals surface area (Å²) in [5.74, 6) is 0. The van der Waals surface area contributed by atoms with Gasteiger partial charge in [0.05, 0.1) is 30.4 Å². The van der Waals surface area contributed by atoms with Crippen LogP contribution in [0.4, 0.5) is 11.4 Å². The van der Waals surface area contributed by atoms with E-state index >= 15 is 0 Å². The van der Waals surface area contributed by atoms with Crippen molar-refractivity contribution in [3.8, 4) is 6.07 Å². The van der Waals surface area contributed by atoms with Gasteiger partial charge in [0.25, 0.3) is 0 Å². The molecule has 0 N–H and O–H groups in total. The molecule has 5 heteroatoms. The van der Waals surface area contributed by atoms with Crippen LogP contribution in [0.15, 0.2) is 52.8 Å². The van der Waals surface area contributed by atoms with Gasteiger partial charge in [-0.2, -0.15) is 5.26 Å². The van der Waals surface area contributed by atoms with E-state index in [-0.39, 0.29) is 0 Å². The summed E-state index contributed by atoms with van der Waals surface area (Å²) in [6, 6.07) is 15.7.